The number of rotatable bonds is 3. The Morgan fingerprint density at radius 3 is 2.86 bits per heavy atom. The second-order valence-electron chi connectivity index (χ2n) is 3.66. The zero-order valence-electron chi connectivity index (χ0n) is 8.32. The van der Waals surface area contributed by atoms with Crippen LogP contribution in [-0.2, 0) is 6.54 Å². The van der Waals surface area contributed by atoms with E-state index in [2.05, 4.69) is 34.5 Å². The average Bonchev–Trinajstić information content (AvgIpc) is 2.67. The van der Waals surface area contributed by atoms with Crippen LogP contribution in [0.25, 0.3) is 0 Å². The molecule has 0 aromatic heterocycles. The van der Waals surface area contributed by atoms with Crippen LogP contribution in [0.5, 0.6) is 0 Å². The van der Waals surface area contributed by atoms with Gasteiger partial charge in [0.25, 0.3) is 0 Å². The van der Waals surface area contributed by atoms with E-state index in [9.17, 15) is 0 Å². The predicted molar refractivity (Wildman–Crippen MR) is 57.7 cm³/mol. The normalized spacial score (nSPS) is 22.8. The Bertz CT molecular complexity index is 273. The van der Waals surface area contributed by atoms with Crippen LogP contribution in [0.1, 0.15) is 5.56 Å². The molecule has 1 aliphatic heterocycles. The predicted octanol–water partition coefficient (Wildman–Crippen LogP) is 0.377. The monoisotopic (exact) mass is 191 g/mol. The van der Waals surface area contributed by atoms with Gasteiger partial charge in [-0.3, -0.25) is 10.2 Å². The fourth-order valence-corrected chi connectivity index (χ4v) is 1.90. The summed E-state index contributed by atoms with van der Waals surface area (Å²) < 4.78 is 0. The van der Waals surface area contributed by atoms with E-state index >= 15 is 0 Å². The Kier molecular flexibility index (Phi) is 3.14. The highest BCUT2D eigenvalue weighted by Crippen LogP contribution is 2.09. The number of nitrogens with one attached hydrogen (secondary N) is 1. The third-order valence-electron chi connectivity index (χ3n) is 2.67. The van der Waals surface area contributed by atoms with Gasteiger partial charge in [0.05, 0.1) is 6.17 Å². The van der Waals surface area contributed by atoms with Gasteiger partial charge in [-0.25, -0.2) is 0 Å². The number of hydrogen-bond donors (Lipinski definition) is 2. The Hall–Kier alpha value is -0.900. The quantitative estimate of drug-likeness (QED) is 0.725. The average molecular weight is 191 g/mol. The third-order valence-corrected chi connectivity index (χ3v) is 2.67. The highest BCUT2D eigenvalue weighted by atomic mass is 15.3. The van der Waals surface area contributed by atoms with Crippen molar-refractivity contribution in [3.8, 4) is 0 Å². The zero-order valence-corrected chi connectivity index (χ0v) is 8.32. The van der Waals surface area contributed by atoms with Crippen molar-refractivity contribution in [3.63, 3.8) is 0 Å². The lowest BCUT2D eigenvalue weighted by atomic mass is 10.2. The smallest absolute Gasteiger partial charge is 0.0727 e. The van der Waals surface area contributed by atoms with E-state index < -0.39 is 0 Å². The molecule has 1 saturated heterocycles. The van der Waals surface area contributed by atoms with Gasteiger partial charge < -0.3 is 5.73 Å². The van der Waals surface area contributed by atoms with E-state index in [-0.39, 0.29) is 0 Å². The lowest BCUT2D eigenvalue weighted by Crippen LogP contribution is -2.41. The first kappa shape index (κ1) is 9.65. The van der Waals surface area contributed by atoms with Crippen molar-refractivity contribution in [2.24, 2.45) is 5.73 Å². The van der Waals surface area contributed by atoms with Gasteiger partial charge >= 0.3 is 0 Å². The van der Waals surface area contributed by atoms with Crippen molar-refractivity contribution in [2.75, 3.05) is 19.6 Å². The van der Waals surface area contributed by atoms with Crippen LogP contribution in [0.4, 0.5) is 0 Å². The molecule has 0 radical (unpaired) electrons. The lowest BCUT2D eigenvalue weighted by molar-refractivity contribution is 0.238. The molecule has 0 saturated carbocycles. The summed E-state index contributed by atoms with van der Waals surface area (Å²) in [5.41, 5.74) is 7.03. The summed E-state index contributed by atoms with van der Waals surface area (Å²) in [7, 11) is 0. The van der Waals surface area contributed by atoms with E-state index in [4.69, 9.17) is 5.73 Å². The summed E-state index contributed by atoms with van der Waals surface area (Å²) in [6, 6.07) is 10.5. The lowest BCUT2D eigenvalue weighted by Gasteiger charge is -2.22. The van der Waals surface area contributed by atoms with E-state index in [1.54, 1.807) is 0 Å². The van der Waals surface area contributed by atoms with Gasteiger partial charge in [0.2, 0.25) is 0 Å². The summed E-state index contributed by atoms with van der Waals surface area (Å²) in [4.78, 5) is 2.38. The van der Waals surface area contributed by atoms with Crippen LogP contribution in [0, 0.1) is 0 Å². The van der Waals surface area contributed by atoms with Crippen molar-refractivity contribution >= 4 is 0 Å². The Labute approximate surface area is 84.9 Å². The minimum Gasteiger partial charge on any atom is -0.328 e. The molecule has 1 heterocycles. The molecule has 0 amide bonds. The molecule has 1 atom stereocenters. The van der Waals surface area contributed by atoms with Crippen molar-refractivity contribution < 1.29 is 0 Å². The van der Waals surface area contributed by atoms with Crippen LogP contribution in [-0.4, -0.2) is 30.7 Å². The van der Waals surface area contributed by atoms with E-state index in [1.165, 1.54) is 5.56 Å². The molecular weight excluding hydrogens is 174 g/mol. The minimum absolute atomic E-state index is 0.357. The summed E-state index contributed by atoms with van der Waals surface area (Å²) in [5, 5.41) is 3.38. The highest BCUT2D eigenvalue weighted by molar-refractivity contribution is 5.14. The van der Waals surface area contributed by atoms with Gasteiger partial charge in [-0.1, -0.05) is 30.3 Å². The number of nitrogens with zero attached hydrogens (tertiary/aromatic N) is 1. The largest absolute Gasteiger partial charge is 0.328 e. The first-order chi connectivity index (χ1) is 6.90. The van der Waals surface area contributed by atoms with E-state index in [0.29, 0.717) is 12.7 Å². The van der Waals surface area contributed by atoms with Crippen LogP contribution >= 0.6 is 0 Å². The Morgan fingerprint density at radius 1 is 1.36 bits per heavy atom. The van der Waals surface area contributed by atoms with Crippen LogP contribution < -0.4 is 11.1 Å². The summed E-state index contributed by atoms with van der Waals surface area (Å²) in [5.74, 6) is 0. The van der Waals surface area contributed by atoms with Gasteiger partial charge in [0.15, 0.2) is 0 Å². The molecule has 3 heteroatoms. The van der Waals surface area contributed by atoms with Crippen LogP contribution in [0.2, 0.25) is 0 Å². The van der Waals surface area contributed by atoms with Crippen molar-refractivity contribution in [1.82, 2.24) is 10.2 Å². The van der Waals surface area contributed by atoms with Gasteiger partial charge in [-0.15, -0.1) is 0 Å². The summed E-state index contributed by atoms with van der Waals surface area (Å²) in [6.45, 7) is 3.83. The molecule has 2 rings (SSSR count). The number of nitrogens with two attached hydrogens (primary N) is 1. The van der Waals surface area contributed by atoms with E-state index in [1.807, 2.05) is 6.07 Å². The van der Waals surface area contributed by atoms with E-state index in [0.717, 1.165) is 19.6 Å². The second kappa shape index (κ2) is 4.55. The second-order valence-corrected chi connectivity index (χ2v) is 3.66. The number of hydrogen-bond acceptors (Lipinski definition) is 3. The molecule has 14 heavy (non-hydrogen) atoms. The first-order valence-corrected chi connectivity index (χ1v) is 5.11. The molecule has 3 nitrogen and oxygen atoms in total. The summed E-state index contributed by atoms with van der Waals surface area (Å²) in [6.07, 6.45) is 0.357. The molecule has 0 bridgehead atoms. The molecule has 1 aromatic rings. The Balaban J connectivity index is 1.97. The van der Waals surface area contributed by atoms with Crippen molar-refractivity contribution in [3.05, 3.63) is 35.9 Å². The molecule has 1 unspecified atom stereocenters. The minimum atomic E-state index is 0.357. The fraction of sp³-hybridized carbons (Fsp3) is 0.455. The Morgan fingerprint density at radius 2 is 2.14 bits per heavy atom. The molecule has 1 aliphatic rings. The van der Waals surface area contributed by atoms with Gasteiger partial charge in [0.1, 0.15) is 0 Å². The molecule has 1 aromatic carbocycles. The standard InChI is InChI=1S/C11H17N3/c12-8-11-13-6-7-14(11)9-10-4-2-1-3-5-10/h1-5,11,13H,6-9,12H2. The topological polar surface area (TPSA) is 41.3 Å². The van der Waals surface area contributed by atoms with Gasteiger partial charge in [0, 0.05) is 26.2 Å². The maximum Gasteiger partial charge on any atom is 0.0727 e. The van der Waals surface area contributed by atoms with Gasteiger partial charge in [-0.05, 0) is 5.56 Å². The van der Waals surface area contributed by atoms with Crippen molar-refractivity contribution in [2.45, 2.75) is 12.7 Å². The molecule has 1 fully saturated rings. The molecule has 3 N–H and O–H groups in total. The molecule has 76 valence electrons. The number of benzene rings is 1. The SMILES string of the molecule is NCC1NCCN1Cc1ccccc1. The molecular formula is C11H17N3. The molecule has 0 aliphatic carbocycles. The van der Waals surface area contributed by atoms with Crippen LogP contribution in [0.3, 0.4) is 0 Å². The van der Waals surface area contributed by atoms with Crippen LogP contribution in [0.15, 0.2) is 30.3 Å². The fourth-order valence-electron chi connectivity index (χ4n) is 1.90. The van der Waals surface area contributed by atoms with Gasteiger partial charge in [-0.2, -0.15) is 0 Å². The zero-order chi connectivity index (χ0) is 9.80. The maximum atomic E-state index is 5.67. The molecule has 0 spiro atoms. The first-order valence-electron chi connectivity index (χ1n) is 5.11. The summed E-state index contributed by atoms with van der Waals surface area (Å²) >= 11 is 0. The highest BCUT2D eigenvalue weighted by Gasteiger charge is 2.21. The van der Waals surface area contributed by atoms with Crippen molar-refractivity contribution in [1.29, 1.82) is 0 Å². The maximum absolute atomic E-state index is 5.67. The third kappa shape index (κ3) is 2.12.